The van der Waals surface area contributed by atoms with Gasteiger partial charge in [0.2, 0.25) is 6.41 Å². The molecule has 0 spiro atoms. The van der Waals surface area contributed by atoms with Gasteiger partial charge in [-0.1, -0.05) is 6.92 Å². The number of amides is 1. The molecule has 3 heteroatoms. The molecule has 1 amide bonds. The maximum atomic E-state index is 11.2. The molecule has 0 fully saturated rings. The topological polar surface area (TPSA) is 46.2 Å². The van der Waals surface area contributed by atoms with E-state index in [0.29, 0.717) is 24.1 Å². The summed E-state index contributed by atoms with van der Waals surface area (Å²) in [4.78, 5) is 21.3. The Kier molecular flexibility index (Phi) is 3.20. The van der Waals surface area contributed by atoms with Crippen molar-refractivity contribution in [2.45, 2.75) is 13.3 Å². The number of ketones is 1. The summed E-state index contributed by atoms with van der Waals surface area (Å²) in [6.07, 6.45) is 1.11. The van der Waals surface area contributed by atoms with Gasteiger partial charge in [0.15, 0.2) is 5.78 Å². The van der Waals surface area contributed by atoms with E-state index in [2.05, 4.69) is 5.32 Å². The van der Waals surface area contributed by atoms with Crippen LogP contribution in [-0.2, 0) is 4.79 Å². The Bertz CT molecular complexity index is 303. The molecule has 0 bridgehead atoms. The van der Waals surface area contributed by atoms with E-state index in [9.17, 15) is 9.59 Å². The highest BCUT2D eigenvalue weighted by atomic mass is 16.1. The maximum Gasteiger partial charge on any atom is 0.211 e. The first-order valence-electron chi connectivity index (χ1n) is 4.11. The molecule has 0 radical (unpaired) electrons. The molecular formula is C10H11NO2. The number of hydrogen-bond acceptors (Lipinski definition) is 2. The maximum absolute atomic E-state index is 11.2. The number of nitrogens with one attached hydrogen (secondary N) is 1. The fourth-order valence-electron chi connectivity index (χ4n) is 1.02. The minimum atomic E-state index is 0.109. The largest absolute Gasteiger partial charge is 0.329 e. The zero-order valence-corrected chi connectivity index (χ0v) is 7.41. The second-order valence-corrected chi connectivity index (χ2v) is 2.62. The monoisotopic (exact) mass is 177 g/mol. The van der Waals surface area contributed by atoms with Gasteiger partial charge in [-0.15, -0.1) is 0 Å². The highest BCUT2D eigenvalue weighted by molar-refractivity contribution is 5.96. The van der Waals surface area contributed by atoms with Gasteiger partial charge in [0.1, 0.15) is 0 Å². The molecule has 13 heavy (non-hydrogen) atoms. The summed E-state index contributed by atoms with van der Waals surface area (Å²) in [5, 5.41) is 2.50. The average Bonchev–Trinajstić information content (AvgIpc) is 2.18. The van der Waals surface area contributed by atoms with Crippen LogP contribution in [0.2, 0.25) is 0 Å². The number of anilines is 1. The SMILES string of the molecule is CCC(=O)c1ccc(NC=O)cc1. The predicted molar refractivity (Wildman–Crippen MR) is 50.8 cm³/mol. The Morgan fingerprint density at radius 2 is 2.00 bits per heavy atom. The fourth-order valence-corrected chi connectivity index (χ4v) is 1.02. The minimum absolute atomic E-state index is 0.109. The van der Waals surface area contributed by atoms with Crippen molar-refractivity contribution in [3.8, 4) is 0 Å². The first-order valence-corrected chi connectivity index (χ1v) is 4.11. The Balaban J connectivity index is 2.80. The molecule has 1 rings (SSSR count). The van der Waals surface area contributed by atoms with Crippen LogP contribution in [0.15, 0.2) is 24.3 Å². The number of hydrogen-bond donors (Lipinski definition) is 1. The van der Waals surface area contributed by atoms with Crippen molar-refractivity contribution < 1.29 is 9.59 Å². The normalized spacial score (nSPS) is 9.31. The summed E-state index contributed by atoms with van der Waals surface area (Å²) in [5.41, 5.74) is 1.38. The van der Waals surface area contributed by atoms with Gasteiger partial charge in [-0.05, 0) is 24.3 Å². The average molecular weight is 177 g/mol. The molecule has 0 atom stereocenters. The third-order valence-corrected chi connectivity index (χ3v) is 1.75. The van der Waals surface area contributed by atoms with E-state index in [1.165, 1.54) is 0 Å². The van der Waals surface area contributed by atoms with Crippen molar-refractivity contribution in [3.05, 3.63) is 29.8 Å². The van der Waals surface area contributed by atoms with Crippen molar-refractivity contribution in [2.75, 3.05) is 5.32 Å². The zero-order valence-electron chi connectivity index (χ0n) is 7.41. The van der Waals surface area contributed by atoms with Gasteiger partial charge < -0.3 is 5.32 Å². The second kappa shape index (κ2) is 4.40. The zero-order chi connectivity index (χ0) is 9.68. The van der Waals surface area contributed by atoms with E-state index in [-0.39, 0.29) is 5.78 Å². The smallest absolute Gasteiger partial charge is 0.211 e. The summed E-state index contributed by atoms with van der Waals surface area (Å²) in [6, 6.07) is 6.82. The van der Waals surface area contributed by atoms with Crippen LogP contribution in [0.3, 0.4) is 0 Å². The molecule has 68 valence electrons. The van der Waals surface area contributed by atoms with Crippen LogP contribution in [0, 0.1) is 0 Å². The molecule has 0 aliphatic rings. The first kappa shape index (κ1) is 9.45. The highest BCUT2D eigenvalue weighted by Crippen LogP contribution is 2.09. The van der Waals surface area contributed by atoms with Crippen LogP contribution in [0.4, 0.5) is 5.69 Å². The number of benzene rings is 1. The van der Waals surface area contributed by atoms with Crippen LogP contribution >= 0.6 is 0 Å². The molecule has 0 aromatic heterocycles. The van der Waals surface area contributed by atoms with Gasteiger partial charge >= 0.3 is 0 Å². The van der Waals surface area contributed by atoms with Crippen LogP contribution in [0.25, 0.3) is 0 Å². The van der Waals surface area contributed by atoms with Gasteiger partial charge in [-0.2, -0.15) is 0 Å². The lowest BCUT2D eigenvalue weighted by molar-refractivity contribution is -0.105. The molecule has 1 aromatic carbocycles. The fraction of sp³-hybridized carbons (Fsp3) is 0.200. The molecule has 0 saturated carbocycles. The third-order valence-electron chi connectivity index (χ3n) is 1.75. The first-order chi connectivity index (χ1) is 6.27. The summed E-state index contributed by atoms with van der Waals surface area (Å²) in [6.45, 7) is 1.82. The van der Waals surface area contributed by atoms with Gasteiger partial charge in [-0.3, -0.25) is 9.59 Å². The van der Waals surface area contributed by atoms with Crippen molar-refractivity contribution >= 4 is 17.9 Å². The summed E-state index contributed by atoms with van der Waals surface area (Å²) < 4.78 is 0. The summed E-state index contributed by atoms with van der Waals surface area (Å²) >= 11 is 0. The molecule has 3 nitrogen and oxygen atoms in total. The van der Waals surface area contributed by atoms with Gasteiger partial charge in [0, 0.05) is 17.7 Å². The number of rotatable bonds is 4. The molecule has 0 unspecified atom stereocenters. The van der Waals surface area contributed by atoms with Crippen LogP contribution in [0.1, 0.15) is 23.7 Å². The minimum Gasteiger partial charge on any atom is -0.329 e. The van der Waals surface area contributed by atoms with E-state index in [1.807, 2.05) is 6.92 Å². The van der Waals surface area contributed by atoms with Crippen molar-refractivity contribution in [1.82, 2.24) is 0 Å². The number of carbonyl (C=O) groups is 2. The third kappa shape index (κ3) is 2.40. The lowest BCUT2D eigenvalue weighted by atomic mass is 10.1. The summed E-state index contributed by atoms with van der Waals surface area (Å²) in [5.74, 6) is 0.109. The molecule has 0 aliphatic heterocycles. The molecular weight excluding hydrogens is 166 g/mol. The summed E-state index contributed by atoms with van der Waals surface area (Å²) in [7, 11) is 0. The molecule has 1 aromatic rings. The quantitative estimate of drug-likeness (QED) is 0.563. The second-order valence-electron chi connectivity index (χ2n) is 2.62. The lowest BCUT2D eigenvalue weighted by Gasteiger charge is -2.00. The van der Waals surface area contributed by atoms with E-state index >= 15 is 0 Å². The van der Waals surface area contributed by atoms with Crippen molar-refractivity contribution in [1.29, 1.82) is 0 Å². The lowest BCUT2D eigenvalue weighted by Crippen LogP contribution is -1.97. The van der Waals surface area contributed by atoms with E-state index in [0.717, 1.165) is 0 Å². The molecule has 0 saturated heterocycles. The molecule has 1 N–H and O–H groups in total. The van der Waals surface area contributed by atoms with Crippen LogP contribution in [-0.4, -0.2) is 12.2 Å². The van der Waals surface area contributed by atoms with Crippen LogP contribution < -0.4 is 5.32 Å². The van der Waals surface area contributed by atoms with Crippen molar-refractivity contribution in [2.24, 2.45) is 0 Å². The van der Waals surface area contributed by atoms with Crippen molar-refractivity contribution in [3.63, 3.8) is 0 Å². The van der Waals surface area contributed by atoms with Gasteiger partial charge in [0.05, 0.1) is 0 Å². The van der Waals surface area contributed by atoms with E-state index < -0.39 is 0 Å². The Labute approximate surface area is 76.8 Å². The number of carbonyl (C=O) groups excluding carboxylic acids is 2. The highest BCUT2D eigenvalue weighted by Gasteiger charge is 2.01. The van der Waals surface area contributed by atoms with Gasteiger partial charge in [-0.25, -0.2) is 0 Å². The number of Topliss-reactive ketones (excluding diaryl/α,β-unsaturated/α-hetero) is 1. The molecule has 0 aliphatic carbocycles. The van der Waals surface area contributed by atoms with E-state index in [1.54, 1.807) is 24.3 Å². The van der Waals surface area contributed by atoms with Crippen LogP contribution in [0.5, 0.6) is 0 Å². The Hall–Kier alpha value is -1.64. The standard InChI is InChI=1S/C10H11NO2/c1-2-10(13)8-3-5-9(6-4-8)11-7-12/h3-7H,2H2,1H3,(H,11,12). The molecule has 0 heterocycles. The predicted octanol–water partition coefficient (Wildman–Crippen LogP) is 1.85. The Morgan fingerprint density at radius 1 is 1.38 bits per heavy atom. The van der Waals surface area contributed by atoms with E-state index in [4.69, 9.17) is 0 Å². The van der Waals surface area contributed by atoms with Gasteiger partial charge in [0.25, 0.3) is 0 Å². The Morgan fingerprint density at radius 3 is 2.46 bits per heavy atom.